The van der Waals surface area contributed by atoms with Crippen molar-refractivity contribution in [2.24, 2.45) is 5.41 Å². The molecule has 0 aromatic heterocycles. The van der Waals surface area contributed by atoms with Crippen molar-refractivity contribution < 1.29 is 18.6 Å². The first kappa shape index (κ1) is 18.4. The molecular formula is C17H27NO4S. The van der Waals surface area contributed by atoms with Crippen LogP contribution in [-0.4, -0.2) is 37.4 Å². The van der Waals surface area contributed by atoms with Gasteiger partial charge in [0.1, 0.15) is 0 Å². The summed E-state index contributed by atoms with van der Waals surface area (Å²) in [5.74, 6) is 0. The van der Waals surface area contributed by atoms with Gasteiger partial charge in [-0.05, 0) is 54.4 Å². The lowest BCUT2D eigenvalue weighted by atomic mass is 9.86. The second-order valence-corrected chi connectivity index (χ2v) is 9.12. The van der Waals surface area contributed by atoms with E-state index in [4.69, 9.17) is 0 Å². The van der Waals surface area contributed by atoms with Gasteiger partial charge in [0.15, 0.2) is 0 Å². The first-order valence-corrected chi connectivity index (χ1v) is 9.55. The van der Waals surface area contributed by atoms with E-state index in [2.05, 4.69) is 4.72 Å². The topological polar surface area (TPSA) is 86.6 Å². The minimum absolute atomic E-state index is 0.171. The summed E-state index contributed by atoms with van der Waals surface area (Å²) < 4.78 is 27.6. The fourth-order valence-electron chi connectivity index (χ4n) is 2.79. The highest BCUT2D eigenvalue weighted by Gasteiger charge is 2.28. The molecule has 2 rings (SSSR count). The predicted molar refractivity (Wildman–Crippen MR) is 89.7 cm³/mol. The fourth-order valence-corrected chi connectivity index (χ4v) is 4.08. The molecule has 1 aliphatic carbocycles. The van der Waals surface area contributed by atoms with Crippen LogP contribution >= 0.6 is 0 Å². The Kier molecular flexibility index (Phi) is 5.51. The number of hydrogen-bond acceptors (Lipinski definition) is 4. The largest absolute Gasteiger partial charge is 0.395 e. The average molecular weight is 341 g/mol. The Hall–Kier alpha value is -0.950. The zero-order valence-corrected chi connectivity index (χ0v) is 14.9. The Bertz CT molecular complexity index is 649. The number of sulfonamides is 1. The summed E-state index contributed by atoms with van der Waals surface area (Å²) in [6.45, 7) is 5.28. The van der Waals surface area contributed by atoms with Crippen molar-refractivity contribution >= 4 is 10.0 Å². The lowest BCUT2D eigenvalue weighted by Crippen LogP contribution is -2.42. The van der Waals surface area contributed by atoms with Crippen LogP contribution in [0.1, 0.15) is 44.7 Å². The minimum Gasteiger partial charge on any atom is -0.395 e. The van der Waals surface area contributed by atoms with E-state index in [1.807, 2.05) is 26.8 Å². The molecule has 0 amide bonds. The summed E-state index contributed by atoms with van der Waals surface area (Å²) in [6, 6.07) is 4.50. The molecule has 3 N–H and O–H groups in total. The molecule has 2 atom stereocenters. The van der Waals surface area contributed by atoms with Gasteiger partial charge in [0.2, 0.25) is 10.0 Å². The molecule has 6 heteroatoms. The molecule has 130 valence electrons. The highest BCUT2D eigenvalue weighted by atomic mass is 32.2. The minimum atomic E-state index is -3.71. The molecule has 1 aromatic rings. The Morgan fingerprint density at radius 2 is 1.87 bits per heavy atom. The third-order valence-corrected chi connectivity index (χ3v) is 5.95. The van der Waals surface area contributed by atoms with E-state index in [1.54, 1.807) is 12.1 Å². The SMILES string of the molecule is CC(C)(C)[C@H](O)C[C@@H](CO)NS(=O)(=O)c1ccc2c(c1)CCC2. The van der Waals surface area contributed by atoms with Gasteiger partial charge in [-0.15, -0.1) is 0 Å². The zero-order chi connectivity index (χ0) is 17.3. The van der Waals surface area contributed by atoms with Crippen molar-refractivity contribution in [3.8, 4) is 0 Å². The Balaban J connectivity index is 2.13. The maximum Gasteiger partial charge on any atom is 0.240 e. The standard InChI is InChI=1S/C17H27NO4S/c1-17(2,3)16(20)10-14(11-19)18-23(21,22)15-8-7-12-5-4-6-13(12)9-15/h7-9,14,16,18-20H,4-6,10-11H2,1-3H3/t14-,16+/m0/s1. The second-order valence-electron chi connectivity index (χ2n) is 7.40. The number of benzene rings is 1. The van der Waals surface area contributed by atoms with Gasteiger partial charge >= 0.3 is 0 Å². The number of aliphatic hydroxyl groups excluding tert-OH is 2. The highest BCUT2D eigenvalue weighted by Crippen LogP contribution is 2.26. The van der Waals surface area contributed by atoms with Crippen LogP contribution in [-0.2, 0) is 22.9 Å². The quantitative estimate of drug-likeness (QED) is 0.734. The summed E-state index contributed by atoms with van der Waals surface area (Å²) in [4.78, 5) is 0.224. The van der Waals surface area contributed by atoms with Gasteiger partial charge in [0, 0.05) is 6.04 Å². The van der Waals surface area contributed by atoms with E-state index in [9.17, 15) is 18.6 Å². The molecule has 0 saturated heterocycles. The lowest BCUT2D eigenvalue weighted by molar-refractivity contribution is 0.0420. The van der Waals surface area contributed by atoms with Gasteiger partial charge in [-0.25, -0.2) is 13.1 Å². The molecule has 0 unspecified atom stereocenters. The summed E-state index contributed by atoms with van der Waals surface area (Å²) in [5.41, 5.74) is 1.93. The van der Waals surface area contributed by atoms with E-state index in [-0.39, 0.29) is 23.3 Å². The van der Waals surface area contributed by atoms with E-state index in [0.717, 1.165) is 24.8 Å². The third kappa shape index (κ3) is 4.53. The molecule has 23 heavy (non-hydrogen) atoms. The van der Waals surface area contributed by atoms with Gasteiger partial charge in [-0.3, -0.25) is 0 Å². The number of rotatable bonds is 6. The smallest absolute Gasteiger partial charge is 0.240 e. The predicted octanol–water partition coefficient (Wildman–Crippen LogP) is 1.61. The zero-order valence-electron chi connectivity index (χ0n) is 14.0. The van der Waals surface area contributed by atoms with Gasteiger partial charge < -0.3 is 10.2 Å². The molecule has 5 nitrogen and oxygen atoms in total. The van der Waals surface area contributed by atoms with Crippen molar-refractivity contribution in [2.75, 3.05) is 6.61 Å². The Labute approximate surface area is 138 Å². The molecule has 0 aliphatic heterocycles. The average Bonchev–Trinajstić information content (AvgIpc) is 2.92. The van der Waals surface area contributed by atoms with Crippen LogP contribution in [0.15, 0.2) is 23.1 Å². The van der Waals surface area contributed by atoms with Crippen molar-refractivity contribution in [3.63, 3.8) is 0 Å². The third-order valence-electron chi connectivity index (χ3n) is 4.43. The van der Waals surface area contributed by atoms with Crippen molar-refractivity contribution in [3.05, 3.63) is 29.3 Å². The normalized spacial score (nSPS) is 17.8. The van der Waals surface area contributed by atoms with Crippen LogP contribution < -0.4 is 4.72 Å². The van der Waals surface area contributed by atoms with Crippen LogP contribution in [0.4, 0.5) is 0 Å². The van der Waals surface area contributed by atoms with Crippen LogP contribution in [0.3, 0.4) is 0 Å². The van der Waals surface area contributed by atoms with E-state index >= 15 is 0 Å². The maximum atomic E-state index is 12.5. The summed E-state index contributed by atoms with van der Waals surface area (Å²) in [5, 5.41) is 19.6. The maximum absolute atomic E-state index is 12.5. The highest BCUT2D eigenvalue weighted by molar-refractivity contribution is 7.89. The fraction of sp³-hybridized carbons (Fsp3) is 0.647. The molecule has 0 saturated carbocycles. The first-order valence-electron chi connectivity index (χ1n) is 8.06. The van der Waals surface area contributed by atoms with E-state index in [0.29, 0.717) is 0 Å². The van der Waals surface area contributed by atoms with Gasteiger partial charge in [-0.2, -0.15) is 0 Å². The van der Waals surface area contributed by atoms with Crippen molar-refractivity contribution in [1.82, 2.24) is 4.72 Å². The molecule has 0 heterocycles. The molecular weight excluding hydrogens is 314 g/mol. The van der Waals surface area contributed by atoms with Crippen LogP contribution in [0.2, 0.25) is 0 Å². The van der Waals surface area contributed by atoms with Crippen LogP contribution in [0.5, 0.6) is 0 Å². The number of nitrogens with one attached hydrogen (secondary N) is 1. The van der Waals surface area contributed by atoms with Crippen molar-refractivity contribution in [2.45, 2.75) is 63.5 Å². The Morgan fingerprint density at radius 1 is 1.22 bits per heavy atom. The van der Waals surface area contributed by atoms with Gasteiger partial charge in [-0.1, -0.05) is 26.8 Å². The van der Waals surface area contributed by atoms with Crippen LogP contribution in [0.25, 0.3) is 0 Å². The summed E-state index contributed by atoms with van der Waals surface area (Å²) in [7, 11) is -3.71. The summed E-state index contributed by atoms with van der Waals surface area (Å²) >= 11 is 0. The second kappa shape index (κ2) is 6.89. The van der Waals surface area contributed by atoms with Gasteiger partial charge in [0.05, 0.1) is 17.6 Å². The van der Waals surface area contributed by atoms with Crippen molar-refractivity contribution in [1.29, 1.82) is 0 Å². The lowest BCUT2D eigenvalue weighted by Gasteiger charge is -2.29. The summed E-state index contributed by atoms with van der Waals surface area (Å²) in [6.07, 6.45) is 2.43. The molecule has 0 radical (unpaired) electrons. The van der Waals surface area contributed by atoms with Gasteiger partial charge in [0.25, 0.3) is 0 Å². The monoisotopic (exact) mass is 341 g/mol. The number of aliphatic hydroxyl groups is 2. The molecule has 0 spiro atoms. The molecule has 0 bridgehead atoms. The Morgan fingerprint density at radius 3 is 2.48 bits per heavy atom. The first-order chi connectivity index (χ1) is 10.6. The molecule has 0 fully saturated rings. The van der Waals surface area contributed by atoms with E-state index < -0.39 is 22.2 Å². The molecule has 1 aromatic carbocycles. The number of hydrogen-bond donors (Lipinski definition) is 3. The van der Waals surface area contributed by atoms with E-state index in [1.165, 1.54) is 5.56 Å². The number of fused-ring (bicyclic) bond motifs is 1. The molecule has 1 aliphatic rings. The van der Waals surface area contributed by atoms with Crippen LogP contribution in [0, 0.1) is 5.41 Å². The number of aryl methyl sites for hydroxylation is 2.